The lowest BCUT2D eigenvalue weighted by Gasteiger charge is -2.09. The van der Waals surface area contributed by atoms with Gasteiger partial charge in [0.2, 0.25) is 0 Å². The van der Waals surface area contributed by atoms with Crippen molar-refractivity contribution < 1.29 is 4.79 Å². The van der Waals surface area contributed by atoms with E-state index >= 15 is 0 Å². The van der Waals surface area contributed by atoms with Crippen molar-refractivity contribution in [2.45, 2.75) is 37.5 Å². The average molecular weight is 269 g/mol. The highest BCUT2D eigenvalue weighted by molar-refractivity contribution is 7.99. The summed E-state index contributed by atoms with van der Waals surface area (Å²) in [4.78, 5) is 12.4. The highest BCUT2D eigenvalue weighted by atomic mass is 35.5. The molecule has 1 aliphatic rings. The lowest BCUT2D eigenvalue weighted by molar-refractivity contribution is 0.101. The third kappa shape index (κ3) is 3.49. The molecule has 0 saturated heterocycles. The van der Waals surface area contributed by atoms with Crippen molar-refractivity contribution in [3.8, 4) is 0 Å². The summed E-state index contributed by atoms with van der Waals surface area (Å²) in [6.07, 6.45) is 5.50. The van der Waals surface area contributed by atoms with Crippen LogP contribution < -0.4 is 0 Å². The predicted molar refractivity (Wildman–Crippen MR) is 74.1 cm³/mol. The number of halogens is 1. The molecule has 0 amide bonds. The standard InChI is InChI=1S/C14H17ClOS/c1-10(16)13-7-6-12(8-14(13)15)17-9-11-4-2-3-5-11/h6-8,11H,2-5,9H2,1H3. The Balaban J connectivity index is 1.97. The van der Waals surface area contributed by atoms with Crippen molar-refractivity contribution in [1.82, 2.24) is 0 Å². The Bertz CT molecular complexity index is 411. The fourth-order valence-electron chi connectivity index (χ4n) is 2.26. The molecule has 2 rings (SSSR count). The minimum absolute atomic E-state index is 0.0299. The first-order valence-electron chi connectivity index (χ1n) is 6.10. The zero-order valence-corrected chi connectivity index (χ0v) is 11.6. The lowest BCUT2D eigenvalue weighted by atomic mass is 10.1. The number of carbonyl (C=O) groups excluding carboxylic acids is 1. The van der Waals surface area contributed by atoms with Crippen molar-refractivity contribution in [2.24, 2.45) is 5.92 Å². The van der Waals surface area contributed by atoms with Crippen LogP contribution in [0, 0.1) is 5.92 Å². The van der Waals surface area contributed by atoms with Crippen molar-refractivity contribution in [3.63, 3.8) is 0 Å². The highest BCUT2D eigenvalue weighted by Gasteiger charge is 2.15. The molecule has 0 heterocycles. The van der Waals surface area contributed by atoms with Crippen LogP contribution in [0.3, 0.4) is 0 Å². The Hall–Kier alpha value is -0.470. The van der Waals surface area contributed by atoms with Crippen LogP contribution in [-0.4, -0.2) is 11.5 Å². The average Bonchev–Trinajstić information content (AvgIpc) is 2.78. The minimum atomic E-state index is 0.0299. The third-order valence-corrected chi connectivity index (χ3v) is 4.82. The fraction of sp³-hybridized carbons (Fsp3) is 0.500. The molecule has 1 aromatic rings. The Morgan fingerprint density at radius 2 is 2.12 bits per heavy atom. The Labute approximate surface area is 112 Å². The summed E-state index contributed by atoms with van der Waals surface area (Å²) in [7, 11) is 0. The van der Waals surface area contributed by atoms with E-state index in [1.165, 1.54) is 36.3 Å². The van der Waals surface area contributed by atoms with E-state index in [0.717, 1.165) is 5.92 Å². The molecule has 1 nitrogen and oxygen atoms in total. The van der Waals surface area contributed by atoms with Gasteiger partial charge in [-0.25, -0.2) is 0 Å². The summed E-state index contributed by atoms with van der Waals surface area (Å²) in [5.74, 6) is 2.07. The molecule has 0 N–H and O–H groups in total. The molecule has 17 heavy (non-hydrogen) atoms. The second-order valence-corrected chi connectivity index (χ2v) is 6.16. The third-order valence-electron chi connectivity index (χ3n) is 3.28. The van der Waals surface area contributed by atoms with Gasteiger partial charge in [0.05, 0.1) is 5.02 Å². The number of rotatable bonds is 4. The van der Waals surface area contributed by atoms with Gasteiger partial charge in [-0.3, -0.25) is 4.79 Å². The summed E-state index contributed by atoms with van der Waals surface area (Å²) in [6.45, 7) is 1.55. The second kappa shape index (κ2) is 5.92. The molecule has 1 aromatic carbocycles. The van der Waals surface area contributed by atoms with Crippen LogP contribution in [0.4, 0.5) is 0 Å². The maximum Gasteiger partial charge on any atom is 0.161 e. The van der Waals surface area contributed by atoms with Gasteiger partial charge in [-0.05, 0) is 43.9 Å². The molecular formula is C14H17ClOS. The molecular weight excluding hydrogens is 252 g/mol. The van der Waals surface area contributed by atoms with Gasteiger partial charge in [-0.2, -0.15) is 0 Å². The maximum atomic E-state index is 11.3. The van der Waals surface area contributed by atoms with Crippen molar-refractivity contribution in [2.75, 3.05) is 5.75 Å². The molecule has 1 saturated carbocycles. The molecule has 0 spiro atoms. The number of hydrogen-bond acceptors (Lipinski definition) is 2. The molecule has 3 heteroatoms. The molecule has 1 aliphatic carbocycles. The Morgan fingerprint density at radius 1 is 1.41 bits per heavy atom. The molecule has 0 aromatic heterocycles. The molecule has 1 fully saturated rings. The zero-order valence-electron chi connectivity index (χ0n) is 10.0. The lowest BCUT2D eigenvalue weighted by Crippen LogP contribution is -1.97. The van der Waals surface area contributed by atoms with Gasteiger partial charge in [-0.15, -0.1) is 11.8 Å². The largest absolute Gasteiger partial charge is 0.294 e. The topological polar surface area (TPSA) is 17.1 Å². The monoisotopic (exact) mass is 268 g/mol. The van der Waals surface area contributed by atoms with E-state index in [1.807, 2.05) is 30.0 Å². The van der Waals surface area contributed by atoms with E-state index in [4.69, 9.17) is 11.6 Å². The maximum absolute atomic E-state index is 11.3. The van der Waals surface area contributed by atoms with Gasteiger partial charge >= 0.3 is 0 Å². The number of carbonyl (C=O) groups is 1. The van der Waals surface area contributed by atoms with Crippen LogP contribution in [0.2, 0.25) is 5.02 Å². The smallest absolute Gasteiger partial charge is 0.161 e. The molecule has 0 bridgehead atoms. The van der Waals surface area contributed by atoms with Crippen molar-refractivity contribution >= 4 is 29.1 Å². The summed E-state index contributed by atoms with van der Waals surface area (Å²) < 4.78 is 0. The van der Waals surface area contributed by atoms with E-state index in [-0.39, 0.29) is 5.78 Å². The van der Waals surface area contributed by atoms with E-state index in [2.05, 4.69) is 0 Å². The van der Waals surface area contributed by atoms with E-state index < -0.39 is 0 Å². The first kappa shape index (κ1) is 13.0. The summed E-state index contributed by atoms with van der Waals surface area (Å²) in [5, 5.41) is 0.578. The first-order chi connectivity index (χ1) is 8.16. The molecule has 0 atom stereocenters. The summed E-state index contributed by atoms with van der Waals surface area (Å²) in [5.41, 5.74) is 0.622. The molecule has 0 aliphatic heterocycles. The number of ketones is 1. The fourth-order valence-corrected chi connectivity index (χ4v) is 3.77. The number of thioether (sulfide) groups is 1. The van der Waals surface area contributed by atoms with Gasteiger partial charge in [-0.1, -0.05) is 24.4 Å². The predicted octanol–water partition coefficient (Wildman–Crippen LogP) is 4.82. The normalized spacial score (nSPS) is 16.4. The molecule has 0 unspecified atom stereocenters. The van der Waals surface area contributed by atoms with E-state index in [1.54, 1.807) is 6.92 Å². The van der Waals surface area contributed by atoms with Crippen LogP contribution >= 0.6 is 23.4 Å². The van der Waals surface area contributed by atoms with Crippen LogP contribution in [0.25, 0.3) is 0 Å². The summed E-state index contributed by atoms with van der Waals surface area (Å²) in [6, 6.07) is 5.75. The van der Waals surface area contributed by atoms with Crippen LogP contribution in [-0.2, 0) is 0 Å². The Morgan fingerprint density at radius 3 is 2.71 bits per heavy atom. The van der Waals surface area contributed by atoms with Gasteiger partial charge in [0.25, 0.3) is 0 Å². The Kier molecular flexibility index (Phi) is 4.52. The zero-order chi connectivity index (χ0) is 12.3. The van der Waals surface area contributed by atoms with E-state index in [9.17, 15) is 4.79 Å². The number of benzene rings is 1. The highest BCUT2D eigenvalue weighted by Crippen LogP contribution is 2.32. The van der Waals surface area contributed by atoms with Crippen molar-refractivity contribution in [1.29, 1.82) is 0 Å². The van der Waals surface area contributed by atoms with Gasteiger partial charge in [0.1, 0.15) is 0 Å². The first-order valence-corrected chi connectivity index (χ1v) is 7.46. The van der Waals surface area contributed by atoms with Gasteiger partial charge < -0.3 is 0 Å². The number of Topliss-reactive ketones (excluding diaryl/α,β-unsaturated/α-hetero) is 1. The second-order valence-electron chi connectivity index (χ2n) is 4.66. The molecule has 92 valence electrons. The van der Waals surface area contributed by atoms with Crippen LogP contribution in [0.15, 0.2) is 23.1 Å². The van der Waals surface area contributed by atoms with E-state index in [0.29, 0.717) is 10.6 Å². The quantitative estimate of drug-likeness (QED) is 0.575. The minimum Gasteiger partial charge on any atom is -0.294 e. The van der Waals surface area contributed by atoms with Gasteiger partial charge in [0.15, 0.2) is 5.78 Å². The number of hydrogen-bond donors (Lipinski definition) is 0. The molecule has 0 radical (unpaired) electrons. The summed E-state index contributed by atoms with van der Waals surface area (Å²) >= 11 is 7.94. The SMILES string of the molecule is CC(=O)c1ccc(SCC2CCCC2)cc1Cl. The van der Waals surface area contributed by atoms with Crippen LogP contribution in [0.5, 0.6) is 0 Å². The van der Waals surface area contributed by atoms with Crippen molar-refractivity contribution in [3.05, 3.63) is 28.8 Å². The van der Waals surface area contributed by atoms with Gasteiger partial charge in [0, 0.05) is 16.2 Å². The van der Waals surface area contributed by atoms with Crippen LogP contribution in [0.1, 0.15) is 43.0 Å².